The van der Waals surface area contributed by atoms with Gasteiger partial charge in [0.15, 0.2) is 24.8 Å². The molecule has 0 amide bonds. The Kier molecular flexibility index (Phi) is 10.9. The zero-order chi connectivity index (χ0) is 43.0. The van der Waals surface area contributed by atoms with E-state index in [4.69, 9.17) is 33.2 Å². The SMILES string of the molecule is CC(=O)OC1C(O)COC(OC2CCC34CC35CCC3(C)C(C6(C)CCC(C(C)(C)O)O6)C(O)CC3(C)C5CC(OC3OCC(O)C(O)C3O)C4C2(C)C)C1OC(C)=O. The van der Waals surface area contributed by atoms with E-state index in [-0.39, 0.29) is 58.7 Å². The number of rotatable bonds is 8. The van der Waals surface area contributed by atoms with Gasteiger partial charge in [-0.25, -0.2) is 0 Å². The number of esters is 2. The minimum Gasteiger partial charge on any atom is -0.455 e. The van der Waals surface area contributed by atoms with Crippen LogP contribution in [0.5, 0.6) is 0 Å². The van der Waals surface area contributed by atoms with Gasteiger partial charge in [-0.3, -0.25) is 9.59 Å². The standard InChI is InChI=1S/C44H70O15/c1-21(45)55-32-25(49)19-54-37(33(32)56-22(2)46)58-28-11-13-44-20-43(44)15-14-40(7)34(42(9)12-10-29(59-42)39(5,6)52)23(47)17-41(40,8)27(43)16-26(35(44)38(28,3)4)57-36-31(51)30(50)24(48)18-53-36/h23-37,47-52H,10-20H2,1-9H3. The van der Waals surface area contributed by atoms with Crippen LogP contribution in [0.15, 0.2) is 0 Å². The first-order valence-electron chi connectivity index (χ1n) is 22.0. The summed E-state index contributed by atoms with van der Waals surface area (Å²) in [5.74, 6) is -1.47. The molecule has 2 spiro atoms. The van der Waals surface area contributed by atoms with Crippen LogP contribution in [0.4, 0.5) is 0 Å². The van der Waals surface area contributed by atoms with Crippen molar-refractivity contribution in [3.8, 4) is 0 Å². The van der Waals surface area contributed by atoms with Gasteiger partial charge in [-0.1, -0.05) is 27.7 Å². The quantitative estimate of drug-likeness (QED) is 0.153. The van der Waals surface area contributed by atoms with Gasteiger partial charge >= 0.3 is 11.9 Å². The van der Waals surface area contributed by atoms with Gasteiger partial charge < -0.3 is 63.8 Å². The van der Waals surface area contributed by atoms with Crippen LogP contribution < -0.4 is 0 Å². The van der Waals surface area contributed by atoms with E-state index < -0.39 is 96.1 Å². The monoisotopic (exact) mass is 838 g/mol. The van der Waals surface area contributed by atoms with Gasteiger partial charge in [-0.05, 0) is 117 Å². The Morgan fingerprint density at radius 3 is 1.98 bits per heavy atom. The van der Waals surface area contributed by atoms with E-state index in [1.807, 2.05) is 0 Å². The maximum atomic E-state index is 12.3. The van der Waals surface area contributed by atoms with Crippen molar-refractivity contribution >= 4 is 11.9 Å². The first-order chi connectivity index (χ1) is 27.3. The predicted molar refractivity (Wildman–Crippen MR) is 207 cm³/mol. The molecular formula is C44H70O15. The second kappa shape index (κ2) is 14.5. The zero-order valence-corrected chi connectivity index (χ0v) is 36.3. The van der Waals surface area contributed by atoms with Crippen molar-refractivity contribution in [2.75, 3.05) is 13.2 Å². The lowest BCUT2D eigenvalue weighted by Gasteiger charge is -2.65. The number of hydrogen-bond donors (Lipinski definition) is 6. The lowest BCUT2D eigenvalue weighted by atomic mass is 9.41. The van der Waals surface area contributed by atoms with E-state index in [0.29, 0.717) is 25.7 Å². The van der Waals surface area contributed by atoms with Crippen molar-refractivity contribution < 1.29 is 73.4 Å². The first kappa shape index (κ1) is 44.1. The van der Waals surface area contributed by atoms with Crippen molar-refractivity contribution in [1.82, 2.24) is 0 Å². The second-order valence-corrected chi connectivity index (χ2v) is 21.8. The molecule has 0 aromatic heterocycles. The molecule has 0 bridgehead atoms. The van der Waals surface area contributed by atoms with Gasteiger partial charge in [0.1, 0.15) is 24.4 Å². The van der Waals surface area contributed by atoms with Crippen molar-refractivity contribution in [2.24, 2.45) is 44.8 Å². The Morgan fingerprint density at radius 2 is 1.34 bits per heavy atom. The molecule has 3 aliphatic heterocycles. The highest BCUT2D eigenvalue weighted by molar-refractivity contribution is 5.67. The highest BCUT2D eigenvalue weighted by atomic mass is 16.7. The molecule has 8 fully saturated rings. The molecule has 5 aliphatic carbocycles. The summed E-state index contributed by atoms with van der Waals surface area (Å²) in [6.07, 6.45) is -5.24. The van der Waals surface area contributed by atoms with Gasteiger partial charge in [-0.2, -0.15) is 0 Å². The topological polar surface area (TPSA) is 220 Å². The molecule has 3 heterocycles. The Hall–Kier alpha value is -1.50. The van der Waals surface area contributed by atoms with Crippen LogP contribution in [0.25, 0.3) is 0 Å². The molecule has 59 heavy (non-hydrogen) atoms. The molecule has 15 nitrogen and oxygen atoms in total. The lowest BCUT2D eigenvalue weighted by molar-refractivity contribution is -0.327. The Bertz CT molecular complexity index is 1630. The van der Waals surface area contributed by atoms with Crippen molar-refractivity contribution in [3.63, 3.8) is 0 Å². The molecule has 8 rings (SSSR count). The van der Waals surface area contributed by atoms with Crippen molar-refractivity contribution in [1.29, 1.82) is 0 Å². The second-order valence-electron chi connectivity index (χ2n) is 21.8. The van der Waals surface area contributed by atoms with E-state index >= 15 is 0 Å². The van der Waals surface area contributed by atoms with Crippen molar-refractivity contribution in [3.05, 3.63) is 0 Å². The molecule has 0 radical (unpaired) electrons. The third kappa shape index (κ3) is 6.60. The summed E-state index contributed by atoms with van der Waals surface area (Å²) in [6, 6.07) is 0. The van der Waals surface area contributed by atoms with Crippen LogP contribution in [0.1, 0.15) is 120 Å². The fraction of sp³-hybridized carbons (Fsp3) is 0.955. The number of ether oxygens (including phenoxy) is 7. The maximum Gasteiger partial charge on any atom is 0.303 e. The van der Waals surface area contributed by atoms with E-state index in [1.54, 1.807) is 13.8 Å². The van der Waals surface area contributed by atoms with E-state index in [1.165, 1.54) is 13.8 Å². The average Bonchev–Trinajstić information content (AvgIpc) is 3.49. The molecule has 0 aromatic carbocycles. The fourth-order valence-electron chi connectivity index (χ4n) is 15.2. The van der Waals surface area contributed by atoms with Crippen LogP contribution >= 0.6 is 0 Å². The Labute approximate surface area is 347 Å². The zero-order valence-electron chi connectivity index (χ0n) is 36.3. The average molecular weight is 839 g/mol. The largest absolute Gasteiger partial charge is 0.455 e. The predicted octanol–water partition coefficient (Wildman–Crippen LogP) is 2.50. The maximum absolute atomic E-state index is 12.3. The van der Waals surface area contributed by atoms with Crippen LogP contribution in [0.2, 0.25) is 0 Å². The minimum absolute atomic E-state index is 0.0659. The number of carbonyl (C=O) groups excluding carboxylic acids is 2. The smallest absolute Gasteiger partial charge is 0.303 e. The number of carbonyl (C=O) groups is 2. The van der Waals surface area contributed by atoms with E-state index in [9.17, 15) is 40.2 Å². The molecule has 20 unspecified atom stereocenters. The number of aliphatic hydroxyl groups is 6. The molecule has 3 saturated heterocycles. The summed E-state index contributed by atoms with van der Waals surface area (Å²) in [4.78, 5) is 24.4. The van der Waals surface area contributed by atoms with Gasteiger partial charge in [0.25, 0.3) is 0 Å². The van der Waals surface area contributed by atoms with Crippen LogP contribution in [0.3, 0.4) is 0 Å². The summed E-state index contributed by atoms with van der Waals surface area (Å²) >= 11 is 0. The van der Waals surface area contributed by atoms with Gasteiger partial charge in [-0.15, -0.1) is 0 Å². The third-order valence-corrected chi connectivity index (χ3v) is 17.8. The lowest BCUT2D eigenvalue weighted by Crippen LogP contribution is -2.65. The molecule has 6 N–H and O–H groups in total. The highest BCUT2D eigenvalue weighted by Gasteiger charge is 2.85. The third-order valence-electron chi connectivity index (χ3n) is 17.8. The molecule has 15 heteroatoms. The minimum atomic E-state index is -1.49. The summed E-state index contributed by atoms with van der Waals surface area (Å²) in [6.45, 7) is 16.7. The van der Waals surface area contributed by atoms with E-state index in [0.717, 1.165) is 32.1 Å². The van der Waals surface area contributed by atoms with Crippen LogP contribution in [0, 0.1) is 44.8 Å². The van der Waals surface area contributed by atoms with Crippen LogP contribution in [-0.4, -0.2) is 141 Å². The van der Waals surface area contributed by atoms with Crippen molar-refractivity contribution in [2.45, 2.75) is 205 Å². The highest BCUT2D eigenvalue weighted by Crippen LogP contribution is 2.89. The fourth-order valence-corrected chi connectivity index (χ4v) is 15.2. The summed E-state index contributed by atoms with van der Waals surface area (Å²) in [7, 11) is 0. The summed E-state index contributed by atoms with van der Waals surface area (Å²) in [5.41, 5.74) is -3.16. The summed E-state index contributed by atoms with van der Waals surface area (Å²) in [5, 5.41) is 66.3. The van der Waals surface area contributed by atoms with Gasteiger partial charge in [0.05, 0.1) is 48.8 Å². The molecular weight excluding hydrogens is 768 g/mol. The molecule has 5 saturated carbocycles. The number of hydrogen-bond acceptors (Lipinski definition) is 15. The Morgan fingerprint density at radius 1 is 0.695 bits per heavy atom. The first-order valence-corrected chi connectivity index (χ1v) is 22.0. The van der Waals surface area contributed by atoms with Gasteiger partial charge in [0, 0.05) is 19.8 Å². The molecule has 336 valence electrons. The van der Waals surface area contributed by atoms with Crippen LogP contribution in [-0.2, 0) is 42.7 Å². The number of aliphatic hydroxyl groups excluding tert-OH is 5. The van der Waals surface area contributed by atoms with E-state index in [2.05, 4.69) is 34.6 Å². The number of fused-ring (bicyclic) bond motifs is 2. The molecule has 0 aromatic rings. The molecule has 8 aliphatic rings. The normalized spacial score (nSPS) is 54.0. The molecule has 20 atom stereocenters. The Balaban J connectivity index is 1.13. The summed E-state index contributed by atoms with van der Waals surface area (Å²) < 4.78 is 43.5. The van der Waals surface area contributed by atoms with Gasteiger partial charge in [0.2, 0.25) is 0 Å².